The van der Waals surface area contributed by atoms with Gasteiger partial charge in [-0.2, -0.15) is 14.9 Å². The zero-order valence-electron chi connectivity index (χ0n) is 13.5. The lowest BCUT2D eigenvalue weighted by Crippen LogP contribution is -2.01. The lowest BCUT2D eigenvalue weighted by molar-refractivity contribution is -0.385. The molecular formula is C16H11ClFN5O3S. The van der Waals surface area contributed by atoms with E-state index >= 15 is 0 Å². The molecule has 0 aliphatic carbocycles. The molecule has 0 unspecified atom stereocenters. The van der Waals surface area contributed by atoms with Gasteiger partial charge in [-0.1, -0.05) is 23.7 Å². The van der Waals surface area contributed by atoms with E-state index in [-0.39, 0.29) is 21.2 Å². The number of nitro groups is 1. The summed E-state index contributed by atoms with van der Waals surface area (Å²) in [7, 11) is 0. The predicted octanol–water partition coefficient (Wildman–Crippen LogP) is 3.82. The Kier molecular flexibility index (Phi) is 5.28. The number of phenols is 1. The minimum atomic E-state index is -0.748. The Balaban J connectivity index is 1.95. The highest BCUT2D eigenvalue weighted by Crippen LogP contribution is 2.32. The molecule has 0 amide bonds. The minimum absolute atomic E-state index is 0.0463. The number of nitro benzene ring substituents is 1. The van der Waals surface area contributed by atoms with E-state index < -0.39 is 16.4 Å². The third kappa shape index (κ3) is 4.18. The Bertz CT molecular complexity index is 1090. The van der Waals surface area contributed by atoms with Crippen LogP contribution in [-0.4, -0.2) is 31.1 Å². The first-order valence-corrected chi connectivity index (χ1v) is 8.26. The first kappa shape index (κ1) is 18.7. The summed E-state index contributed by atoms with van der Waals surface area (Å²) in [6.45, 7) is 0. The second kappa shape index (κ2) is 7.64. The molecule has 0 spiro atoms. The van der Waals surface area contributed by atoms with Gasteiger partial charge in [0.25, 0.3) is 0 Å². The maximum absolute atomic E-state index is 13.0. The Morgan fingerprint density at radius 2 is 2.11 bits per heavy atom. The Morgan fingerprint density at radius 1 is 1.41 bits per heavy atom. The molecule has 1 aromatic heterocycles. The van der Waals surface area contributed by atoms with E-state index in [0.717, 1.165) is 11.6 Å². The van der Waals surface area contributed by atoms with Crippen molar-refractivity contribution >= 4 is 35.7 Å². The van der Waals surface area contributed by atoms with Crippen LogP contribution in [0.1, 0.15) is 17.0 Å². The normalized spacial score (nSPS) is 11.2. The van der Waals surface area contributed by atoms with E-state index in [1.54, 1.807) is 12.1 Å². The molecule has 0 bridgehead atoms. The van der Waals surface area contributed by atoms with Crippen LogP contribution in [-0.2, 0) is 6.42 Å². The van der Waals surface area contributed by atoms with Gasteiger partial charge >= 0.3 is 5.69 Å². The van der Waals surface area contributed by atoms with Gasteiger partial charge in [0.1, 0.15) is 5.82 Å². The SMILES string of the molecule is O=[N+]([O-])c1cc(Cl)cc(/C=N\n2c(Cc3ccc(F)cc3)n[nH]c2=S)c1O. The highest BCUT2D eigenvalue weighted by atomic mass is 35.5. The van der Waals surface area contributed by atoms with Crippen LogP contribution in [0.2, 0.25) is 5.02 Å². The molecule has 1 heterocycles. The van der Waals surface area contributed by atoms with Crippen LogP contribution in [0.15, 0.2) is 41.5 Å². The molecule has 138 valence electrons. The fourth-order valence-electron chi connectivity index (χ4n) is 2.31. The van der Waals surface area contributed by atoms with Gasteiger partial charge in [0.2, 0.25) is 10.5 Å². The summed E-state index contributed by atoms with van der Waals surface area (Å²) in [5.41, 5.74) is 0.291. The first-order valence-electron chi connectivity index (χ1n) is 7.47. The van der Waals surface area contributed by atoms with E-state index in [2.05, 4.69) is 15.3 Å². The van der Waals surface area contributed by atoms with Gasteiger partial charge in [0.05, 0.1) is 11.1 Å². The van der Waals surface area contributed by atoms with Gasteiger partial charge in [-0.15, -0.1) is 0 Å². The van der Waals surface area contributed by atoms with Crippen LogP contribution in [0.25, 0.3) is 0 Å². The second-order valence-electron chi connectivity index (χ2n) is 5.42. The number of nitrogens with one attached hydrogen (secondary N) is 1. The Labute approximate surface area is 161 Å². The van der Waals surface area contributed by atoms with E-state index in [4.69, 9.17) is 23.8 Å². The minimum Gasteiger partial charge on any atom is -0.502 e. The molecule has 0 aliphatic heterocycles. The van der Waals surface area contributed by atoms with Crippen molar-refractivity contribution in [2.24, 2.45) is 5.10 Å². The average molecular weight is 408 g/mol. The number of nitrogens with zero attached hydrogens (tertiary/aromatic N) is 4. The van der Waals surface area contributed by atoms with Gasteiger partial charge in [0.15, 0.2) is 5.82 Å². The molecule has 3 aromatic rings. The quantitative estimate of drug-likeness (QED) is 0.289. The van der Waals surface area contributed by atoms with Crippen molar-refractivity contribution in [1.82, 2.24) is 14.9 Å². The van der Waals surface area contributed by atoms with Gasteiger partial charge in [0, 0.05) is 23.1 Å². The van der Waals surface area contributed by atoms with Crippen molar-refractivity contribution in [2.75, 3.05) is 0 Å². The summed E-state index contributed by atoms with van der Waals surface area (Å²) in [6, 6.07) is 8.23. The lowest BCUT2D eigenvalue weighted by atomic mass is 10.1. The summed E-state index contributed by atoms with van der Waals surface area (Å²) < 4.78 is 14.5. The van der Waals surface area contributed by atoms with Crippen molar-refractivity contribution in [3.8, 4) is 5.75 Å². The molecule has 0 radical (unpaired) electrons. The van der Waals surface area contributed by atoms with Crippen molar-refractivity contribution < 1.29 is 14.4 Å². The molecule has 8 nitrogen and oxygen atoms in total. The van der Waals surface area contributed by atoms with E-state index in [1.165, 1.54) is 29.1 Å². The smallest absolute Gasteiger partial charge is 0.312 e. The van der Waals surface area contributed by atoms with Crippen molar-refractivity contribution in [3.05, 3.63) is 79.1 Å². The molecule has 0 saturated carbocycles. The summed E-state index contributed by atoms with van der Waals surface area (Å²) in [5.74, 6) is -0.490. The molecule has 3 rings (SSSR count). The number of aromatic amines is 1. The van der Waals surface area contributed by atoms with Crippen LogP contribution in [0.3, 0.4) is 0 Å². The Morgan fingerprint density at radius 3 is 2.78 bits per heavy atom. The number of H-pyrrole nitrogens is 1. The van der Waals surface area contributed by atoms with Crippen LogP contribution < -0.4 is 0 Å². The molecule has 2 aromatic carbocycles. The fourth-order valence-corrected chi connectivity index (χ4v) is 2.72. The highest BCUT2D eigenvalue weighted by molar-refractivity contribution is 7.71. The fraction of sp³-hybridized carbons (Fsp3) is 0.0625. The van der Waals surface area contributed by atoms with Gasteiger partial charge < -0.3 is 5.11 Å². The zero-order chi connectivity index (χ0) is 19.6. The summed E-state index contributed by atoms with van der Waals surface area (Å²) in [5, 5.41) is 31.9. The molecule has 11 heteroatoms. The number of halogens is 2. The van der Waals surface area contributed by atoms with Gasteiger partial charge in [-0.3, -0.25) is 15.2 Å². The summed E-state index contributed by atoms with van der Waals surface area (Å²) >= 11 is 11.0. The topological polar surface area (TPSA) is 109 Å². The third-order valence-corrected chi connectivity index (χ3v) is 4.07. The first-order chi connectivity index (χ1) is 12.8. The third-order valence-electron chi connectivity index (χ3n) is 3.59. The predicted molar refractivity (Wildman–Crippen MR) is 99.4 cm³/mol. The second-order valence-corrected chi connectivity index (χ2v) is 6.25. The number of hydrogen-bond acceptors (Lipinski definition) is 6. The zero-order valence-corrected chi connectivity index (χ0v) is 15.0. The standard InChI is InChI=1S/C16H11ClFN5O3S/c17-11-6-10(15(24)13(7-11)23(25)26)8-19-22-14(20-21-16(22)27)5-9-1-3-12(18)4-2-9/h1-4,6-8,24H,5H2,(H,21,27)/b19-8-. The molecular weight excluding hydrogens is 397 g/mol. The number of aromatic hydroxyl groups is 1. The summed E-state index contributed by atoms with van der Waals surface area (Å²) in [4.78, 5) is 10.2. The lowest BCUT2D eigenvalue weighted by Gasteiger charge is -2.03. The molecule has 0 atom stereocenters. The maximum atomic E-state index is 13.0. The van der Waals surface area contributed by atoms with Crippen molar-refractivity contribution in [2.45, 2.75) is 6.42 Å². The van der Waals surface area contributed by atoms with Crippen LogP contribution in [0, 0.1) is 20.7 Å². The van der Waals surface area contributed by atoms with Crippen LogP contribution in [0.5, 0.6) is 5.75 Å². The monoisotopic (exact) mass is 407 g/mol. The molecule has 0 aliphatic rings. The maximum Gasteiger partial charge on any atom is 0.312 e. The van der Waals surface area contributed by atoms with Gasteiger partial charge in [-0.05, 0) is 36.0 Å². The van der Waals surface area contributed by atoms with Crippen LogP contribution >= 0.6 is 23.8 Å². The van der Waals surface area contributed by atoms with Gasteiger partial charge in [-0.25, -0.2) is 4.39 Å². The van der Waals surface area contributed by atoms with Crippen molar-refractivity contribution in [1.29, 1.82) is 0 Å². The van der Waals surface area contributed by atoms with Crippen molar-refractivity contribution in [3.63, 3.8) is 0 Å². The number of hydrogen-bond donors (Lipinski definition) is 2. The number of aromatic nitrogens is 3. The molecule has 0 saturated heterocycles. The van der Waals surface area contributed by atoms with E-state index in [9.17, 15) is 19.6 Å². The molecule has 0 fully saturated rings. The molecule has 2 N–H and O–H groups in total. The largest absolute Gasteiger partial charge is 0.502 e. The molecule has 27 heavy (non-hydrogen) atoms. The number of benzene rings is 2. The number of rotatable bonds is 5. The van der Waals surface area contributed by atoms with Crippen LogP contribution in [0.4, 0.5) is 10.1 Å². The highest BCUT2D eigenvalue weighted by Gasteiger charge is 2.18. The van der Waals surface area contributed by atoms with E-state index in [0.29, 0.717) is 12.2 Å². The Hall–Kier alpha value is -3.11. The average Bonchev–Trinajstić information content (AvgIpc) is 2.97. The number of phenolic OH excluding ortho intramolecular Hbond substituents is 1. The van der Waals surface area contributed by atoms with E-state index in [1.807, 2.05) is 0 Å². The summed E-state index contributed by atoms with van der Waals surface area (Å²) in [6.07, 6.45) is 1.50.